The van der Waals surface area contributed by atoms with Crippen LogP contribution in [0.5, 0.6) is 0 Å². The zero-order valence-electron chi connectivity index (χ0n) is 43.9. The van der Waals surface area contributed by atoms with Gasteiger partial charge in [0.2, 0.25) is 0 Å². The predicted octanol–water partition coefficient (Wildman–Crippen LogP) is 19.4. The molecule has 0 fully saturated rings. The van der Waals surface area contributed by atoms with E-state index in [2.05, 4.69) is 6.07 Å². The van der Waals surface area contributed by atoms with E-state index in [1.54, 1.807) is 29.0 Å². The van der Waals surface area contributed by atoms with Crippen molar-refractivity contribution in [2.75, 3.05) is 0 Å². The van der Waals surface area contributed by atoms with Crippen molar-refractivity contribution in [3.63, 3.8) is 0 Å². The minimum Gasteiger partial charge on any atom is -0.309 e. The first-order valence-corrected chi connectivity index (χ1v) is 26.2. The van der Waals surface area contributed by atoms with Crippen LogP contribution in [0.4, 0.5) is 52.7 Å². The molecule has 4 aromatic heterocycles. The van der Waals surface area contributed by atoms with Crippen molar-refractivity contribution in [3.05, 3.63) is 240 Å². The van der Waals surface area contributed by atoms with Gasteiger partial charge in [0.25, 0.3) is 0 Å². The summed E-state index contributed by atoms with van der Waals surface area (Å²) in [4.78, 5) is 19.6. The molecule has 13 rings (SSSR count). The summed E-state index contributed by atoms with van der Waals surface area (Å²) in [5.74, 6) is 0.677. The third-order valence-electron chi connectivity index (χ3n) is 15.0. The number of pyridine rings is 1. The number of halogens is 12. The summed E-state index contributed by atoms with van der Waals surface area (Å²) in [5.41, 5.74) is -3.69. The van der Waals surface area contributed by atoms with E-state index in [4.69, 9.17) is 19.9 Å². The van der Waals surface area contributed by atoms with Crippen molar-refractivity contribution in [1.82, 2.24) is 29.1 Å². The lowest BCUT2D eigenvalue weighted by molar-refractivity contribution is -0.144. The van der Waals surface area contributed by atoms with E-state index in [9.17, 15) is 57.9 Å². The molecule has 422 valence electrons. The van der Waals surface area contributed by atoms with Gasteiger partial charge in [-0.15, -0.1) is 0 Å². The molecule has 0 saturated heterocycles. The summed E-state index contributed by atoms with van der Waals surface area (Å²) in [6, 6.07) is 52.7. The second-order valence-corrected chi connectivity index (χ2v) is 20.2. The molecule has 0 aliphatic carbocycles. The maximum absolute atomic E-state index is 14.9. The molecule has 0 N–H and O–H groups in total. The number of alkyl halides is 12. The van der Waals surface area contributed by atoms with Gasteiger partial charge in [0.05, 0.1) is 61.3 Å². The summed E-state index contributed by atoms with van der Waals surface area (Å²) >= 11 is 0. The largest absolute Gasteiger partial charge is 0.417 e. The lowest BCUT2D eigenvalue weighted by Gasteiger charge is -2.19. The molecule has 0 aliphatic rings. The van der Waals surface area contributed by atoms with Crippen LogP contribution in [0.15, 0.2) is 212 Å². The lowest BCUT2D eigenvalue weighted by atomic mass is 9.94. The number of hydrogen-bond acceptors (Lipinski definition) is 5. The van der Waals surface area contributed by atoms with Crippen LogP contribution < -0.4 is 0 Å². The first-order chi connectivity index (χ1) is 41.1. The van der Waals surface area contributed by atoms with Gasteiger partial charge in [-0.1, -0.05) is 121 Å². The summed E-state index contributed by atoms with van der Waals surface area (Å²) in [5, 5.41) is 13.5. The van der Waals surface area contributed by atoms with Gasteiger partial charge < -0.3 is 9.13 Å². The van der Waals surface area contributed by atoms with Gasteiger partial charge >= 0.3 is 24.7 Å². The van der Waals surface area contributed by atoms with Gasteiger partial charge in [-0.2, -0.15) is 57.9 Å². The quantitative estimate of drug-likeness (QED) is 0.142. The van der Waals surface area contributed by atoms with Gasteiger partial charge in [-0.25, -0.2) is 15.0 Å². The van der Waals surface area contributed by atoms with Gasteiger partial charge in [0.1, 0.15) is 6.07 Å². The second kappa shape index (κ2) is 20.3. The molecule has 0 aliphatic heterocycles. The van der Waals surface area contributed by atoms with Crippen LogP contribution in [0.3, 0.4) is 0 Å². The highest BCUT2D eigenvalue weighted by molar-refractivity contribution is 6.13. The van der Waals surface area contributed by atoms with Crippen molar-refractivity contribution in [2.24, 2.45) is 0 Å². The van der Waals surface area contributed by atoms with Crippen molar-refractivity contribution in [3.8, 4) is 85.1 Å². The molecule has 4 heterocycles. The molecular weight excluding hydrogens is 1130 g/mol. The van der Waals surface area contributed by atoms with Crippen molar-refractivity contribution in [1.29, 1.82) is 5.26 Å². The predicted molar refractivity (Wildman–Crippen MR) is 304 cm³/mol. The molecule has 7 nitrogen and oxygen atoms in total. The molecule has 0 unspecified atom stereocenters. The third kappa shape index (κ3) is 9.67. The zero-order chi connectivity index (χ0) is 60.0. The van der Waals surface area contributed by atoms with Crippen LogP contribution in [0.2, 0.25) is 0 Å². The summed E-state index contributed by atoms with van der Waals surface area (Å²) in [7, 11) is 0. The highest BCUT2D eigenvalue weighted by Crippen LogP contribution is 2.48. The Bertz CT molecular complexity index is 4660. The normalized spacial score (nSPS) is 12.4. The zero-order valence-corrected chi connectivity index (χ0v) is 43.9. The van der Waals surface area contributed by atoms with Crippen LogP contribution in [0.1, 0.15) is 27.8 Å². The molecule has 0 amide bonds. The van der Waals surface area contributed by atoms with Gasteiger partial charge in [0, 0.05) is 55.7 Å². The van der Waals surface area contributed by atoms with Crippen LogP contribution >= 0.6 is 0 Å². The standard InChI is InChI=1S/C67H35F12N7/c68-64(69,70)43-21-23-46(53(33-43)66(74,75)76)39-19-25-58-50(30-39)51-31-40(47-24-22-44(65(71,72)73)34-54(47)67(77,78)79)20-26-59(51)86(58)60-42(36-80)29-41(63-83-61(37-11-3-1-4-12-37)82-62(84-63)38-13-5-2-6-14-38)32-52(60)55-35-45(27-28-81-55)85-56-17-9-7-15-48(56)49-16-8-10-18-57(49)85/h1-35H. The minimum absolute atomic E-state index is 0.0181. The number of benzene rings is 9. The smallest absolute Gasteiger partial charge is 0.309 e. The van der Waals surface area contributed by atoms with E-state index in [1.807, 2.05) is 114 Å². The molecule has 9 aromatic carbocycles. The van der Waals surface area contributed by atoms with E-state index in [0.29, 0.717) is 41.1 Å². The number of para-hydroxylation sites is 2. The number of rotatable bonds is 8. The highest BCUT2D eigenvalue weighted by atomic mass is 19.4. The highest BCUT2D eigenvalue weighted by Gasteiger charge is 2.40. The second-order valence-electron chi connectivity index (χ2n) is 20.2. The maximum atomic E-state index is 14.9. The maximum Gasteiger partial charge on any atom is 0.417 e. The molecular formula is C67H35F12N7. The van der Waals surface area contributed by atoms with Crippen LogP contribution in [-0.4, -0.2) is 29.1 Å². The van der Waals surface area contributed by atoms with Gasteiger partial charge in [-0.3, -0.25) is 4.98 Å². The number of fused-ring (bicyclic) bond motifs is 6. The van der Waals surface area contributed by atoms with Crippen molar-refractivity contribution in [2.45, 2.75) is 24.7 Å². The van der Waals surface area contributed by atoms with E-state index in [1.165, 1.54) is 42.5 Å². The topological polar surface area (TPSA) is 85.2 Å². The van der Waals surface area contributed by atoms with E-state index in [0.717, 1.165) is 21.8 Å². The summed E-state index contributed by atoms with van der Waals surface area (Å²) < 4.78 is 177. The molecule has 0 bridgehead atoms. The molecule has 86 heavy (non-hydrogen) atoms. The fourth-order valence-electron chi connectivity index (χ4n) is 11.1. The number of nitrogens with zero attached hydrogens (tertiary/aromatic N) is 7. The molecule has 13 aromatic rings. The van der Waals surface area contributed by atoms with E-state index in [-0.39, 0.29) is 90.6 Å². The minimum atomic E-state index is -5.33. The Labute approximate surface area is 479 Å². The number of aromatic nitrogens is 6. The fourth-order valence-corrected chi connectivity index (χ4v) is 11.1. The fraction of sp³-hybridized carbons (Fsp3) is 0.0597. The Hall–Kier alpha value is -10.6. The van der Waals surface area contributed by atoms with Crippen LogP contribution in [-0.2, 0) is 24.7 Å². The Kier molecular flexibility index (Phi) is 12.9. The van der Waals surface area contributed by atoms with Gasteiger partial charge in [-0.05, 0) is 107 Å². The van der Waals surface area contributed by atoms with Crippen molar-refractivity contribution < 1.29 is 52.7 Å². The first kappa shape index (κ1) is 54.6. The lowest BCUT2D eigenvalue weighted by Crippen LogP contribution is -2.12. The Morgan fingerprint density at radius 3 is 1.24 bits per heavy atom. The monoisotopic (exact) mass is 1170 g/mol. The summed E-state index contributed by atoms with van der Waals surface area (Å²) in [6.07, 6.45) is -19.4. The Morgan fingerprint density at radius 2 is 0.791 bits per heavy atom. The van der Waals surface area contributed by atoms with Crippen LogP contribution in [0, 0.1) is 11.3 Å². The van der Waals surface area contributed by atoms with E-state index < -0.39 is 58.1 Å². The summed E-state index contributed by atoms with van der Waals surface area (Å²) in [6.45, 7) is 0. The van der Waals surface area contributed by atoms with Crippen LogP contribution in [0.25, 0.3) is 123 Å². The molecule has 0 radical (unpaired) electrons. The SMILES string of the molecule is N#Cc1cc(-c2nc(-c3ccccc3)nc(-c3ccccc3)n2)cc(-c2cc(-n3c4ccccc4c4ccccc43)ccn2)c1-n1c2ccc(-c3ccc(C(F)(F)F)cc3C(F)(F)F)cc2c2cc(-c3ccc(C(F)(F)F)cc3C(F)(F)F)ccc21. The van der Waals surface area contributed by atoms with Crippen molar-refractivity contribution >= 4 is 43.6 Å². The van der Waals surface area contributed by atoms with Gasteiger partial charge in [0.15, 0.2) is 17.5 Å². The Morgan fingerprint density at radius 1 is 0.349 bits per heavy atom. The number of hydrogen-bond donors (Lipinski definition) is 0. The molecule has 0 atom stereocenters. The average Bonchev–Trinajstić information content (AvgIpc) is 1.59. The third-order valence-corrected chi connectivity index (χ3v) is 15.0. The molecule has 0 saturated carbocycles. The van der Waals surface area contributed by atoms with E-state index >= 15 is 0 Å². The molecule has 0 spiro atoms. The number of nitriles is 1. The first-order valence-electron chi connectivity index (χ1n) is 26.2. The molecule has 19 heteroatoms. The average molecular weight is 1170 g/mol. The Balaban J connectivity index is 1.13.